The summed E-state index contributed by atoms with van der Waals surface area (Å²) in [5.74, 6) is 0.0213. The Hall–Kier alpha value is -1.63. The Morgan fingerprint density at radius 2 is 1.74 bits per heavy atom. The summed E-state index contributed by atoms with van der Waals surface area (Å²) in [4.78, 5) is 10.00. The molecule has 0 aromatic heterocycles. The maximum atomic E-state index is 11.9. The van der Waals surface area contributed by atoms with Gasteiger partial charge in [0.1, 0.15) is 0 Å². The number of nitro groups is 1. The van der Waals surface area contributed by atoms with Crippen molar-refractivity contribution in [2.24, 2.45) is 0 Å². The fourth-order valence-electron chi connectivity index (χ4n) is 1.34. The fraction of sp³-hybridized carbons (Fsp3) is 0.500. The van der Waals surface area contributed by atoms with E-state index in [1.54, 1.807) is 32.9 Å². The monoisotopic (exact) mass is 286 g/mol. The number of rotatable bonds is 5. The van der Waals surface area contributed by atoms with Crippen molar-refractivity contribution in [2.75, 3.05) is 17.6 Å². The number of benzene rings is 1. The fourth-order valence-corrected chi connectivity index (χ4v) is 2.32. The van der Waals surface area contributed by atoms with Gasteiger partial charge in [0.15, 0.2) is 9.84 Å². The first kappa shape index (κ1) is 15.4. The van der Waals surface area contributed by atoms with Crippen LogP contribution in [-0.4, -0.2) is 30.4 Å². The molecule has 7 heteroatoms. The lowest BCUT2D eigenvalue weighted by Crippen LogP contribution is -2.32. The van der Waals surface area contributed by atoms with Crippen LogP contribution in [0, 0.1) is 10.1 Å². The van der Waals surface area contributed by atoms with E-state index in [4.69, 9.17) is 0 Å². The average Bonchev–Trinajstić information content (AvgIpc) is 2.28. The minimum atomic E-state index is -3.16. The first-order valence-electron chi connectivity index (χ1n) is 5.84. The van der Waals surface area contributed by atoms with E-state index in [-0.39, 0.29) is 18.0 Å². The Bertz CT molecular complexity index is 544. The van der Waals surface area contributed by atoms with Crippen LogP contribution >= 0.6 is 0 Å². The van der Waals surface area contributed by atoms with Gasteiger partial charge in [0.05, 0.1) is 15.4 Å². The van der Waals surface area contributed by atoms with E-state index < -0.39 is 19.5 Å². The van der Waals surface area contributed by atoms with E-state index >= 15 is 0 Å². The number of nitro benzene ring substituents is 1. The molecule has 1 N–H and O–H groups in total. The van der Waals surface area contributed by atoms with Crippen LogP contribution in [0.3, 0.4) is 0 Å². The largest absolute Gasteiger partial charge is 0.384 e. The Kier molecular flexibility index (Phi) is 4.52. The van der Waals surface area contributed by atoms with E-state index in [1.807, 2.05) is 0 Å². The van der Waals surface area contributed by atoms with Gasteiger partial charge >= 0.3 is 0 Å². The predicted molar refractivity (Wildman–Crippen MR) is 75.1 cm³/mol. The van der Waals surface area contributed by atoms with Crippen molar-refractivity contribution in [2.45, 2.75) is 25.5 Å². The van der Waals surface area contributed by atoms with Crippen molar-refractivity contribution in [3.05, 3.63) is 34.4 Å². The number of non-ortho nitro benzene ring substituents is 1. The quantitative estimate of drug-likeness (QED) is 0.662. The Morgan fingerprint density at radius 3 is 2.16 bits per heavy atom. The minimum Gasteiger partial charge on any atom is -0.384 e. The molecule has 1 rings (SSSR count). The van der Waals surface area contributed by atoms with Gasteiger partial charge < -0.3 is 5.32 Å². The maximum absolute atomic E-state index is 11.9. The van der Waals surface area contributed by atoms with Gasteiger partial charge in [0.25, 0.3) is 5.69 Å². The molecule has 0 amide bonds. The number of sulfone groups is 1. The van der Waals surface area contributed by atoms with Crippen molar-refractivity contribution in [1.82, 2.24) is 0 Å². The third kappa shape index (κ3) is 4.20. The third-order valence-corrected chi connectivity index (χ3v) is 5.32. The van der Waals surface area contributed by atoms with Crippen LogP contribution in [0.1, 0.15) is 20.8 Å². The number of hydrogen-bond acceptors (Lipinski definition) is 5. The van der Waals surface area contributed by atoms with Crippen LogP contribution in [0.25, 0.3) is 0 Å². The second-order valence-corrected chi connectivity index (χ2v) is 8.02. The van der Waals surface area contributed by atoms with Crippen molar-refractivity contribution in [1.29, 1.82) is 0 Å². The summed E-state index contributed by atoms with van der Waals surface area (Å²) in [5, 5.41) is 13.4. The van der Waals surface area contributed by atoms with E-state index in [2.05, 4.69) is 5.32 Å². The maximum Gasteiger partial charge on any atom is 0.269 e. The molecule has 0 aliphatic carbocycles. The van der Waals surface area contributed by atoms with Crippen LogP contribution in [0.2, 0.25) is 0 Å². The number of nitrogens with zero attached hydrogens (tertiary/aromatic N) is 1. The van der Waals surface area contributed by atoms with Gasteiger partial charge in [-0.15, -0.1) is 0 Å². The van der Waals surface area contributed by atoms with Gasteiger partial charge in [-0.2, -0.15) is 0 Å². The summed E-state index contributed by atoms with van der Waals surface area (Å²) in [7, 11) is -3.16. The Morgan fingerprint density at radius 1 is 1.21 bits per heavy atom. The lowest BCUT2D eigenvalue weighted by atomic mass is 10.3. The zero-order valence-corrected chi connectivity index (χ0v) is 12.0. The molecule has 0 bridgehead atoms. The van der Waals surface area contributed by atoms with Crippen LogP contribution in [-0.2, 0) is 9.84 Å². The molecule has 0 unspecified atom stereocenters. The van der Waals surface area contributed by atoms with E-state index in [0.29, 0.717) is 5.69 Å². The highest BCUT2D eigenvalue weighted by atomic mass is 32.2. The summed E-state index contributed by atoms with van der Waals surface area (Å²) >= 11 is 0. The predicted octanol–water partition coefficient (Wildman–Crippen LogP) is 2.22. The van der Waals surface area contributed by atoms with Crippen LogP contribution in [0.5, 0.6) is 0 Å². The Labute approximate surface area is 112 Å². The normalized spacial score (nSPS) is 12.2. The molecule has 0 aliphatic rings. The van der Waals surface area contributed by atoms with Crippen molar-refractivity contribution < 1.29 is 13.3 Å². The van der Waals surface area contributed by atoms with Crippen LogP contribution in [0.15, 0.2) is 24.3 Å². The minimum absolute atomic E-state index is 0.00728. The highest BCUT2D eigenvalue weighted by molar-refractivity contribution is 7.92. The highest BCUT2D eigenvalue weighted by Gasteiger charge is 2.28. The molecule has 0 radical (unpaired) electrons. The number of anilines is 1. The summed E-state index contributed by atoms with van der Waals surface area (Å²) < 4.78 is 22.9. The highest BCUT2D eigenvalue weighted by Crippen LogP contribution is 2.17. The zero-order chi connectivity index (χ0) is 14.7. The summed E-state index contributed by atoms with van der Waals surface area (Å²) in [6, 6.07) is 5.87. The van der Waals surface area contributed by atoms with E-state index in [9.17, 15) is 18.5 Å². The van der Waals surface area contributed by atoms with E-state index in [1.165, 1.54) is 12.1 Å². The van der Waals surface area contributed by atoms with Crippen molar-refractivity contribution in [3.63, 3.8) is 0 Å². The number of nitrogens with one attached hydrogen (secondary N) is 1. The SMILES string of the molecule is CC(C)(C)S(=O)(=O)CCNc1ccc([N+](=O)[O-])cc1. The lowest BCUT2D eigenvalue weighted by molar-refractivity contribution is -0.384. The van der Waals surface area contributed by atoms with Gasteiger partial charge in [0, 0.05) is 24.4 Å². The molecular weight excluding hydrogens is 268 g/mol. The molecule has 6 nitrogen and oxygen atoms in total. The molecule has 1 aromatic rings. The van der Waals surface area contributed by atoms with Gasteiger partial charge in [0.2, 0.25) is 0 Å². The standard InChI is InChI=1S/C12H18N2O4S/c1-12(2,3)19(17,18)9-8-13-10-4-6-11(7-5-10)14(15)16/h4-7,13H,8-9H2,1-3H3. The molecule has 0 fully saturated rings. The number of hydrogen-bond donors (Lipinski definition) is 1. The summed E-state index contributed by atoms with van der Waals surface area (Å²) in [5.41, 5.74) is 0.669. The van der Waals surface area contributed by atoms with Crippen LogP contribution in [0.4, 0.5) is 11.4 Å². The first-order chi connectivity index (χ1) is 8.63. The molecule has 0 heterocycles. The smallest absolute Gasteiger partial charge is 0.269 e. The third-order valence-electron chi connectivity index (χ3n) is 2.71. The van der Waals surface area contributed by atoms with Gasteiger partial charge in [-0.1, -0.05) is 0 Å². The molecule has 106 valence electrons. The molecule has 1 aromatic carbocycles. The Balaban J connectivity index is 2.57. The van der Waals surface area contributed by atoms with E-state index in [0.717, 1.165) is 0 Å². The van der Waals surface area contributed by atoms with Gasteiger partial charge in [-0.25, -0.2) is 8.42 Å². The second kappa shape index (κ2) is 5.56. The molecule has 0 spiro atoms. The molecule has 0 aliphatic heterocycles. The molecule has 0 saturated carbocycles. The molecule has 0 atom stereocenters. The van der Waals surface area contributed by atoms with Crippen molar-refractivity contribution in [3.8, 4) is 0 Å². The van der Waals surface area contributed by atoms with Crippen LogP contribution < -0.4 is 5.32 Å². The summed E-state index contributed by atoms with van der Waals surface area (Å²) in [6.07, 6.45) is 0. The first-order valence-corrected chi connectivity index (χ1v) is 7.49. The summed E-state index contributed by atoms with van der Waals surface area (Å²) in [6.45, 7) is 5.26. The molecule has 19 heavy (non-hydrogen) atoms. The topological polar surface area (TPSA) is 89.3 Å². The lowest BCUT2D eigenvalue weighted by Gasteiger charge is -2.19. The van der Waals surface area contributed by atoms with Gasteiger partial charge in [-0.3, -0.25) is 10.1 Å². The zero-order valence-electron chi connectivity index (χ0n) is 11.2. The average molecular weight is 286 g/mol. The van der Waals surface area contributed by atoms with Crippen molar-refractivity contribution >= 4 is 21.2 Å². The molecular formula is C12H18N2O4S. The second-order valence-electron chi connectivity index (χ2n) is 5.16. The van der Waals surface area contributed by atoms with Gasteiger partial charge in [-0.05, 0) is 32.9 Å². The molecule has 0 saturated heterocycles.